The number of rotatable bonds is 5. The maximum Gasteiger partial charge on any atom is 0.294 e. The molecule has 0 aliphatic carbocycles. The largest absolute Gasteiger partial charge is 0.449 e. The van der Waals surface area contributed by atoms with Crippen molar-refractivity contribution in [1.29, 1.82) is 0 Å². The molecule has 6 heteroatoms. The van der Waals surface area contributed by atoms with Crippen molar-refractivity contribution in [3.05, 3.63) is 65.4 Å². The van der Waals surface area contributed by atoms with E-state index in [1.54, 1.807) is 18.2 Å². The number of fused-ring (bicyclic) bond motifs is 1. The number of carbonyl (C=O) groups is 2. The first-order valence-corrected chi connectivity index (χ1v) is 9.85. The summed E-state index contributed by atoms with van der Waals surface area (Å²) in [6.07, 6.45) is 3.73. The molecule has 0 bridgehead atoms. The minimum Gasteiger partial charge on any atom is -0.449 e. The van der Waals surface area contributed by atoms with E-state index in [1.165, 1.54) is 4.90 Å². The molecule has 2 amide bonds. The standard InChI is InChI=1S/C23H24N2O4/c1-16-6-4-7-17(12-16)13-21-23(27)25(19-9-2-3-10-20(19)29-21)15-22(26)24-14-18-8-5-11-28-18/h2-4,6-7,9-10,12-13,18H,5,8,11,14-15H2,1H3,(H,24,26)/b21-13+. The summed E-state index contributed by atoms with van der Waals surface area (Å²) in [7, 11) is 0. The van der Waals surface area contributed by atoms with Gasteiger partial charge in [0.1, 0.15) is 6.54 Å². The minimum atomic E-state index is -0.336. The van der Waals surface area contributed by atoms with E-state index in [4.69, 9.17) is 9.47 Å². The number of ether oxygens (including phenoxy) is 2. The van der Waals surface area contributed by atoms with Gasteiger partial charge in [0.15, 0.2) is 11.5 Å². The molecule has 1 unspecified atom stereocenters. The number of anilines is 1. The van der Waals surface area contributed by atoms with Gasteiger partial charge in [-0.15, -0.1) is 0 Å². The van der Waals surface area contributed by atoms with E-state index in [-0.39, 0.29) is 30.2 Å². The van der Waals surface area contributed by atoms with Crippen molar-refractivity contribution in [1.82, 2.24) is 5.32 Å². The molecule has 6 nitrogen and oxygen atoms in total. The molecular formula is C23H24N2O4. The molecule has 4 rings (SSSR count). The van der Waals surface area contributed by atoms with Crippen molar-refractivity contribution < 1.29 is 19.1 Å². The van der Waals surface area contributed by atoms with Crippen LogP contribution in [0.3, 0.4) is 0 Å². The number of nitrogens with zero attached hydrogens (tertiary/aromatic N) is 1. The molecule has 1 atom stereocenters. The lowest BCUT2D eigenvalue weighted by Crippen LogP contribution is -2.45. The molecular weight excluding hydrogens is 368 g/mol. The summed E-state index contributed by atoms with van der Waals surface area (Å²) in [5, 5.41) is 2.88. The number of para-hydroxylation sites is 2. The average molecular weight is 392 g/mol. The molecule has 2 aromatic rings. The lowest BCUT2D eigenvalue weighted by molar-refractivity contribution is -0.123. The summed E-state index contributed by atoms with van der Waals surface area (Å²) < 4.78 is 11.4. The van der Waals surface area contributed by atoms with Gasteiger partial charge in [-0.2, -0.15) is 0 Å². The molecule has 150 valence electrons. The van der Waals surface area contributed by atoms with Gasteiger partial charge in [-0.3, -0.25) is 14.5 Å². The normalized spacial score (nSPS) is 19.8. The second-order valence-electron chi connectivity index (χ2n) is 7.32. The van der Waals surface area contributed by atoms with E-state index >= 15 is 0 Å². The lowest BCUT2D eigenvalue weighted by atomic mass is 10.1. The van der Waals surface area contributed by atoms with Crippen LogP contribution in [-0.4, -0.2) is 37.6 Å². The third kappa shape index (κ3) is 4.49. The van der Waals surface area contributed by atoms with Crippen LogP contribution in [0.1, 0.15) is 24.0 Å². The highest BCUT2D eigenvalue weighted by atomic mass is 16.5. The van der Waals surface area contributed by atoms with Gasteiger partial charge in [0.2, 0.25) is 5.91 Å². The van der Waals surface area contributed by atoms with Crippen LogP contribution in [0.5, 0.6) is 5.75 Å². The van der Waals surface area contributed by atoms with Crippen molar-refractivity contribution >= 4 is 23.6 Å². The average Bonchev–Trinajstić information content (AvgIpc) is 3.23. The van der Waals surface area contributed by atoms with Gasteiger partial charge in [-0.05, 0) is 43.5 Å². The van der Waals surface area contributed by atoms with Crippen molar-refractivity contribution in [3.63, 3.8) is 0 Å². The third-order valence-electron chi connectivity index (χ3n) is 5.02. The zero-order chi connectivity index (χ0) is 20.2. The SMILES string of the molecule is Cc1cccc(/C=C2/Oc3ccccc3N(CC(=O)NCC3CCCO3)C2=O)c1. The Morgan fingerprint density at radius 1 is 1.24 bits per heavy atom. The van der Waals surface area contributed by atoms with Crippen LogP contribution in [0.2, 0.25) is 0 Å². The first-order valence-electron chi connectivity index (χ1n) is 9.85. The highest BCUT2D eigenvalue weighted by Gasteiger charge is 2.31. The Bertz CT molecular complexity index is 947. The van der Waals surface area contributed by atoms with E-state index in [2.05, 4.69) is 5.32 Å². The van der Waals surface area contributed by atoms with Crippen LogP contribution in [0.15, 0.2) is 54.3 Å². The van der Waals surface area contributed by atoms with Crippen molar-refractivity contribution in [2.75, 3.05) is 24.6 Å². The van der Waals surface area contributed by atoms with Crippen LogP contribution in [-0.2, 0) is 14.3 Å². The van der Waals surface area contributed by atoms with Gasteiger partial charge in [-0.1, -0.05) is 42.0 Å². The summed E-state index contributed by atoms with van der Waals surface area (Å²) in [5.74, 6) is 0.192. The number of nitrogens with one attached hydrogen (secondary N) is 1. The smallest absolute Gasteiger partial charge is 0.294 e. The van der Waals surface area contributed by atoms with Gasteiger partial charge in [0.05, 0.1) is 11.8 Å². The first-order chi connectivity index (χ1) is 14.1. The Balaban J connectivity index is 1.54. The highest BCUT2D eigenvalue weighted by Crippen LogP contribution is 2.35. The maximum absolute atomic E-state index is 13.1. The molecule has 2 heterocycles. The molecule has 2 aliphatic rings. The number of aryl methyl sites for hydroxylation is 1. The van der Waals surface area contributed by atoms with E-state index < -0.39 is 0 Å². The summed E-state index contributed by atoms with van der Waals surface area (Å²) in [4.78, 5) is 27.1. The quantitative estimate of drug-likeness (QED) is 0.794. The van der Waals surface area contributed by atoms with Gasteiger partial charge >= 0.3 is 0 Å². The third-order valence-corrected chi connectivity index (χ3v) is 5.02. The molecule has 0 spiro atoms. The van der Waals surface area contributed by atoms with E-state index in [0.29, 0.717) is 18.0 Å². The van der Waals surface area contributed by atoms with E-state index in [0.717, 1.165) is 30.6 Å². The molecule has 2 aromatic carbocycles. The van der Waals surface area contributed by atoms with Gasteiger partial charge in [0.25, 0.3) is 5.91 Å². The van der Waals surface area contributed by atoms with Crippen LogP contribution >= 0.6 is 0 Å². The summed E-state index contributed by atoms with van der Waals surface area (Å²) >= 11 is 0. The molecule has 0 aromatic heterocycles. The Kier molecular flexibility index (Phi) is 5.62. The monoisotopic (exact) mass is 392 g/mol. The molecule has 1 saturated heterocycles. The number of hydrogen-bond acceptors (Lipinski definition) is 4. The van der Waals surface area contributed by atoms with Crippen LogP contribution in [0.4, 0.5) is 5.69 Å². The lowest BCUT2D eigenvalue weighted by Gasteiger charge is -2.30. The molecule has 1 fully saturated rings. The van der Waals surface area contributed by atoms with Crippen molar-refractivity contribution in [3.8, 4) is 5.75 Å². The second kappa shape index (κ2) is 8.49. The number of benzene rings is 2. The fraction of sp³-hybridized carbons (Fsp3) is 0.304. The fourth-order valence-corrected chi connectivity index (χ4v) is 3.56. The van der Waals surface area contributed by atoms with Crippen molar-refractivity contribution in [2.45, 2.75) is 25.9 Å². The first kappa shape index (κ1) is 19.2. The van der Waals surface area contributed by atoms with E-state index in [9.17, 15) is 9.59 Å². The zero-order valence-electron chi connectivity index (χ0n) is 16.4. The Hall–Kier alpha value is -3.12. The van der Waals surface area contributed by atoms with Gasteiger partial charge in [0, 0.05) is 13.2 Å². The summed E-state index contributed by atoms with van der Waals surface area (Å²) in [5.41, 5.74) is 2.55. The van der Waals surface area contributed by atoms with Crippen LogP contribution in [0, 0.1) is 6.92 Å². The van der Waals surface area contributed by atoms with Gasteiger partial charge in [-0.25, -0.2) is 0 Å². The van der Waals surface area contributed by atoms with Gasteiger partial charge < -0.3 is 14.8 Å². The molecule has 29 heavy (non-hydrogen) atoms. The van der Waals surface area contributed by atoms with Crippen LogP contribution in [0.25, 0.3) is 6.08 Å². The van der Waals surface area contributed by atoms with E-state index in [1.807, 2.05) is 43.3 Å². The molecule has 2 aliphatic heterocycles. The predicted molar refractivity (Wildman–Crippen MR) is 111 cm³/mol. The number of amides is 2. The van der Waals surface area contributed by atoms with Crippen LogP contribution < -0.4 is 15.0 Å². The topological polar surface area (TPSA) is 67.9 Å². The number of carbonyl (C=O) groups excluding carboxylic acids is 2. The second-order valence-corrected chi connectivity index (χ2v) is 7.32. The molecule has 0 radical (unpaired) electrons. The molecule has 1 N–H and O–H groups in total. The maximum atomic E-state index is 13.1. The Morgan fingerprint density at radius 2 is 2.10 bits per heavy atom. The Morgan fingerprint density at radius 3 is 2.90 bits per heavy atom. The minimum absolute atomic E-state index is 0.0587. The molecule has 0 saturated carbocycles. The Labute approximate surface area is 170 Å². The summed E-state index contributed by atoms with van der Waals surface area (Å²) in [6, 6.07) is 15.0. The van der Waals surface area contributed by atoms with Crippen molar-refractivity contribution in [2.24, 2.45) is 0 Å². The predicted octanol–water partition coefficient (Wildman–Crippen LogP) is 3.06. The summed E-state index contributed by atoms with van der Waals surface area (Å²) in [6.45, 7) is 3.12. The highest BCUT2D eigenvalue weighted by molar-refractivity contribution is 6.12. The fourth-order valence-electron chi connectivity index (χ4n) is 3.56. The number of hydrogen-bond donors (Lipinski definition) is 1. The zero-order valence-corrected chi connectivity index (χ0v) is 16.4.